The van der Waals surface area contributed by atoms with Crippen LogP contribution < -0.4 is 5.73 Å². The molecule has 5 heteroatoms. The van der Waals surface area contributed by atoms with Crippen molar-refractivity contribution in [3.63, 3.8) is 0 Å². The molecule has 0 radical (unpaired) electrons. The van der Waals surface area contributed by atoms with E-state index >= 15 is 0 Å². The highest BCUT2D eigenvalue weighted by molar-refractivity contribution is 5.98. The second kappa shape index (κ2) is 4.49. The zero-order valence-corrected chi connectivity index (χ0v) is 8.97. The fraction of sp³-hybridized carbons (Fsp3) is 0.455. The summed E-state index contributed by atoms with van der Waals surface area (Å²) in [5.74, 6) is 0.163. The minimum Gasteiger partial charge on any atom is -0.393 e. The van der Waals surface area contributed by atoms with E-state index < -0.39 is 0 Å². The van der Waals surface area contributed by atoms with Crippen LogP contribution in [0.5, 0.6) is 0 Å². The van der Waals surface area contributed by atoms with E-state index in [1.54, 1.807) is 23.2 Å². The number of anilines is 1. The van der Waals surface area contributed by atoms with Gasteiger partial charge in [0.15, 0.2) is 0 Å². The Morgan fingerprint density at radius 1 is 1.50 bits per heavy atom. The average Bonchev–Trinajstić information content (AvgIpc) is 2.30. The van der Waals surface area contributed by atoms with E-state index in [1.165, 1.54) is 0 Å². The summed E-state index contributed by atoms with van der Waals surface area (Å²) in [6.45, 7) is 1.16. The number of aliphatic hydroxyl groups is 1. The molecule has 1 fully saturated rings. The molecule has 0 unspecified atom stereocenters. The number of hydrogen-bond acceptors (Lipinski definition) is 4. The van der Waals surface area contributed by atoms with E-state index in [0.717, 1.165) is 0 Å². The molecule has 0 atom stereocenters. The van der Waals surface area contributed by atoms with Crippen molar-refractivity contribution in [2.45, 2.75) is 18.9 Å². The molecule has 1 aromatic rings. The smallest absolute Gasteiger partial charge is 0.257 e. The summed E-state index contributed by atoms with van der Waals surface area (Å²) in [6.07, 6.45) is 2.54. The molecular formula is C11H15N3O2. The number of nitrogen functional groups attached to an aromatic ring is 1. The Morgan fingerprint density at radius 2 is 2.19 bits per heavy atom. The van der Waals surface area contributed by atoms with Gasteiger partial charge in [-0.1, -0.05) is 0 Å². The van der Waals surface area contributed by atoms with Gasteiger partial charge in [-0.3, -0.25) is 4.79 Å². The van der Waals surface area contributed by atoms with Gasteiger partial charge in [0.05, 0.1) is 11.7 Å². The summed E-state index contributed by atoms with van der Waals surface area (Å²) >= 11 is 0. The molecule has 2 heterocycles. The maximum absolute atomic E-state index is 12.1. The summed E-state index contributed by atoms with van der Waals surface area (Å²) in [5.41, 5.74) is 6.09. The standard InChI is InChI=1S/C11H15N3O2/c12-10-9(2-1-5-13-10)11(16)14-6-3-8(15)4-7-14/h1-2,5,8,15H,3-4,6-7H2,(H2,12,13). The minimum absolute atomic E-state index is 0.0995. The Kier molecular flexibility index (Phi) is 3.05. The Morgan fingerprint density at radius 3 is 2.81 bits per heavy atom. The maximum atomic E-state index is 12.1. The molecular weight excluding hydrogens is 206 g/mol. The van der Waals surface area contributed by atoms with Crippen molar-refractivity contribution in [3.05, 3.63) is 23.9 Å². The minimum atomic E-state index is -0.282. The molecule has 0 bridgehead atoms. The number of carbonyl (C=O) groups is 1. The van der Waals surface area contributed by atoms with Crippen LogP contribution in [0, 0.1) is 0 Å². The maximum Gasteiger partial charge on any atom is 0.257 e. The van der Waals surface area contributed by atoms with Crippen LogP contribution in [0.25, 0.3) is 0 Å². The van der Waals surface area contributed by atoms with E-state index in [-0.39, 0.29) is 17.8 Å². The van der Waals surface area contributed by atoms with Crippen LogP contribution in [0.1, 0.15) is 23.2 Å². The van der Waals surface area contributed by atoms with E-state index in [4.69, 9.17) is 5.73 Å². The summed E-state index contributed by atoms with van der Waals surface area (Å²) < 4.78 is 0. The predicted molar refractivity (Wildman–Crippen MR) is 59.8 cm³/mol. The third kappa shape index (κ3) is 2.14. The molecule has 1 saturated heterocycles. The molecule has 86 valence electrons. The Hall–Kier alpha value is -1.62. The van der Waals surface area contributed by atoms with Crippen LogP contribution in [0.2, 0.25) is 0 Å². The normalized spacial score (nSPS) is 17.4. The zero-order chi connectivity index (χ0) is 11.5. The van der Waals surface area contributed by atoms with Crippen LogP contribution in [0.15, 0.2) is 18.3 Å². The van der Waals surface area contributed by atoms with E-state index in [9.17, 15) is 9.90 Å². The van der Waals surface area contributed by atoms with Crippen LogP contribution in [-0.4, -0.2) is 40.1 Å². The Bertz CT molecular complexity index is 387. The first-order valence-electron chi connectivity index (χ1n) is 5.36. The van der Waals surface area contributed by atoms with Gasteiger partial charge in [0.1, 0.15) is 5.82 Å². The number of carbonyl (C=O) groups excluding carboxylic acids is 1. The first-order chi connectivity index (χ1) is 7.68. The van der Waals surface area contributed by atoms with Gasteiger partial charge < -0.3 is 15.7 Å². The number of nitrogens with two attached hydrogens (primary N) is 1. The van der Waals surface area contributed by atoms with E-state index in [2.05, 4.69) is 4.98 Å². The summed E-state index contributed by atoms with van der Waals surface area (Å²) in [7, 11) is 0. The highest BCUT2D eigenvalue weighted by Gasteiger charge is 2.23. The van der Waals surface area contributed by atoms with E-state index in [1.807, 2.05) is 0 Å². The topological polar surface area (TPSA) is 79.5 Å². The molecule has 2 rings (SSSR count). The lowest BCUT2D eigenvalue weighted by molar-refractivity contribution is 0.0547. The first-order valence-corrected chi connectivity index (χ1v) is 5.36. The number of amides is 1. The summed E-state index contributed by atoms with van der Waals surface area (Å²) in [5, 5.41) is 9.36. The molecule has 0 spiro atoms. The predicted octanol–water partition coefficient (Wildman–Crippen LogP) is 0.261. The molecule has 3 N–H and O–H groups in total. The molecule has 16 heavy (non-hydrogen) atoms. The lowest BCUT2D eigenvalue weighted by Crippen LogP contribution is -2.40. The number of rotatable bonds is 1. The van der Waals surface area contributed by atoms with Crippen LogP contribution in [0.4, 0.5) is 5.82 Å². The van der Waals surface area contributed by atoms with Gasteiger partial charge in [-0.2, -0.15) is 0 Å². The van der Waals surface area contributed by atoms with Crippen molar-refractivity contribution in [3.8, 4) is 0 Å². The van der Waals surface area contributed by atoms with Crippen molar-refractivity contribution in [1.29, 1.82) is 0 Å². The first kappa shape index (κ1) is 10.9. The van der Waals surface area contributed by atoms with Crippen molar-refractivity contribution in [2.24, 2.45) is 0 Å². The van der Waals surface area contributed by atoms with Crippen LogP contribution >= 0.6 is 0 Å². The second-order valence-electron chi connectivity index (χ2n) is 3.96. The second-order valence-corrected chi connectivity index (χ2v) is 3.96. The molecule has 1 aromatic heterocycles. The molecule has 5 nitrogen and oxygen atoms in total. The number of aliphatic hydroxyl groups excluding tert-OH is 1. The zero-order valence-electron chi connectivity index (χ0n) is 8.97. The quantitative estimate of drug-likeness (QED) is 0.713. The van der Waals surface area contributed by atoms with Gasteiger partial charge in [-0.25, -0.2) is 4.98 Å². The highest BCUT2D eigenvalue weighted by atomic mass is 16.3. The van der Waals surface area contributed by atoms with Crippen molar-refractivity contribution >= 4 is 11.7 Å². The number of aromatic nitrogens is 1. The number of likely N-dealkylation sites (tertiary alicyclic amines) is 1. The molecule has 0 aromatic carbocycles. The fourth-order valence-corrected chi connectivity index (χ4v) is 1.84. The number of piperidine rings is 1. The van der Waals surface area contributed by atoms with Gasteiger partial charge in [-0.05, 0) is 25.0 Å². The lowest BCUT2D eigenvalue weighted by atomic mass is 10.1. The van der Waals surface area contributed by atoms with Gasteiger partial charge in [0.25, 0.3) is 5.91 Å². The third-order valence-electron chi connectivity index (χ3n) is 2.82. The molecule has 0 aliphatic carbocycles. The van der Waals surface area contributed by atoms with Gasteiger partial charge in [-0.15, -0.1) is 0 Å². The summed E-state index contributed by atoms with van der Waals surface area (Å²) in [4.78, 5) is 17.7. The van der Waals surface area contributed by atoms with E-state index in [0.29, 0.717) is 31.5 Å². The molecule has 1 aliphatic rings. The van der Waals surface area contributed by atoms with Crippen LogP contribution in [-0.2, 0) is 0 Å². The number of pyridine rings is 1. The average molecular weight is 221 g/mol. The molecule has 1 aliphatic heterocycles. The fourth-order valence-electron chi connectivity index (χ4n) is 1.84. The largest absolute Gasteiger partial charge is 0.393 e. The summed E-state index contributed by atoms with van der Waals surface area (Å²) in [6, 6.07) is 3.37. The van der Waals surface area contributed by atoms with Crippen molar-refractivity contribution < 1.29 is 9.90 Å². The Labute approximate surface area is 93.9 Å². The monoisotopic (exact) mass is 221 g/mol. The van der Waals surface area contributed by atoms with Gasteiger partial charge >= 0.3 is 0 Å². The van der Waals surface area contributed by atoms with Crippen molar-refractivity contribution in [1.82, 2.24) is 9.88 Å². The molecule has 1 amide bonds. The SMILES string of the molecule is Nc1ncccc1C(=O)N1CCC(O)CC1. The van der Waals surface area contributed by atoms with Gasteiger partial charge in [0, 0.05) is 19.3 Å². The molecule has 0 saturated carbocycles. The number of hydrogen-bond donors (Lipinski definition) is 2. The van der Waals surface area contributed by atoms with Gasteiger partial charge in [0.2, 0.25) is 0 Å². The lowest BCUT2D eigenvalue weighted by Gasteiger charge is -2.29. The van der Waals surface area contributed by atoms with Crippen LogP contribution in [0.3, 0.4) is 0 Å². The number of nitrogens with zero attached hydrogens (tertiary/aromatic N) is 2. The highest BCUT2D eigenvalue weighted by Crippen LogP contribution is 2.16. The van der Waals surface area contributed by atoms with Crippen molar-refractivity contribution in [2.75, 3.05) is 18.8 Å². The Balaban J connectivity index is 2.11. The third-order valence-corrected chi connectivity index (χ3v) is 2.82.